The summed E-state index contributed by atoms with van der Waals surface area (Å²) >= 11 is 3.05. The van der Waals surface area contributed by atoms with Gasteiger partial charge in [0.1, 0.15) is 5.75 Å². The van der Waals surface area contributed by atoms with Crippen LogP contribution in [0.15, 0.2) is 52.3 Å². The molecular formula is C23H26N2O5S3. The summed E-state index contributed by atoms with van der Waals surface area (Å²) in [5, 5.41) is 0.578. The molecule has 0 bridgehead atoms. The Hall–Kier alpha value is -2.14. The van der Waals surface area contributed by atoms with Gasteiger partial charge in [-0.05, 0) is 55.5 Å². The van der Waals surface area contributed by atoms with Gasteiger partial charge in [-0.25, -0.2) is 13.4 Å². The van der Waals surface area contributed by atoms with Gasteiger partial charge in [-0.2, -0.15) is 0 Å². The van der Waals surface area contributed by atoms with E-state index in [1.807, 2.05) is 24.5 Å². The standard InChI is InChI=1S/C23H26N2O5S3/c1-29-16-8-10-18(11-9-16)33(27,28)14-12-21(26)25(15-17-5-4-13-30-17)23-24-22-19(31-2)6-3-7-20(22)32-23/h3,6-11,17H,4-5,12-15H2,1-2H3. The molecule has 0 spiro atoms. The Kier molecular flexibility index (Phi) is 7.58. The molecule has 3 aromatic rings. The summed E-state index contributed by atoms with van der Waals surface area (Å²) < 4.78 is 37.5. The number of ether oxygens (including phenoxy) is 2. The van der Waals surface area contributed by atoms with Crippen LogP contribution < -0.4 is 9.64 Å². The van der Waals surface area contributed by atoms with Crippen molar-refractivity contribution in [3.05, 3.63) is 42.5 Å². The van der Waals surface area contributed by atoms with Crippen molar-refractivity contribution in [2.75, 3.05) is 37.2 Å². The predicted molar refractivity (Wildman–Crippen MR) is 132 cm³/mol. The average Bonchev–Trinajstić information content (AvgIpc) is 3.50. The van der Waals surface area contributed by atoms with E-state index in [1.54, 1.807) is 28.8 Å². The van der Waals surface area contributed by atoms with E-state index in [2.05, 4.69) is 0 Å². The van der Waals surface area contributed by atoms with Crippen LogP contribution in [0.1, 0.15) is 19.3 Å². The number of sulfone groups is 1. The molecule has 1 atom stereocenters. The molecule has 0 aliphatic carbocycles. The number of hydrogen-bond acceptors (Lipinski definition) is 8. The van der Waals surface area contributed by atoms with Crippen molar-refractivity contribution in [1.82, 2.24) is 4.98 Å². The number of thiazole rings is 1. The van der Waals surface area contributed by atoms with Crippen LogP contribution in [0.4, 0.5) is 5.13 Å². The summed E-state index contributed by atoms with van der Waals surface area (Å²) in [6.07, 6.45) is 3.61. The number of methoxy groups -OCH3 is 1. The molecule has 1 aliphatic heterocycles. The van der Waals surface area contributed by atoms with E-state index in [0.717, 1.165) is 28.0 Å². The molecule has 1 amide bonds. The number of nitrogens with zero attached hydrogens (tertiary/aromatic N) is 2. The number of amides is 1. The molecule has 1 aromatic heterocycles. The number of fused-ring (bicyclic) bond motifs is 1. The number of anilines is 1. The molecule has 2 aromatic carbocycles. The van der Waals surface area contributed by atoms with Crippen molar-refractivity contribution in [3.8, 4) is 5.75 Å². The number of carbonyl (C=O) groups is 1. The smallest absolute Gasteiger partial charge is 0.229 e. The van der Waals surface area contributed by atoms with Gasteiger partial charge in [0.25, 0.3) is 0 Å². The van der Waals surface area contributed by atoms with E-state index in [1.165, 1.54) is 30.6 Å². The number of carbonyl (C=O) groups excluding carboxylic acids is 1. The zero-order valence-corrected chi connectivity index (χ0v) is 21.0. The van der Waals surface area contributed by atoms with Crippen molar-refractivity contribution in [1.29, 1.82) is 0 Å². The van der Waals surface area contributed by atoms with E-state index in [4.69, 9.17) is 14.5 Å². The largest absolute Gasteiger partial charge is 0.497 e. The van der Waals surface area contributed by atoms with Crippen molar-refractivity contribution in [2.24, 2.45) is 0 Å². The Morgan fingerprint density at radius 2 is 2.06 bits per heavy atom. The quantitative estimate of drug-likeness (QED) is 0.398. The summed E-state index contributed by atoms with van der Waals surface area (Å²) in [7, 11) is -2.09. The number of aromatic nitrogens is 1. The molecular weight excluding hydrogens is 480 g/mol. The molecule has 1 unspecified atom stereocenters. The molecule has 0 saturated carbocycles. The second-order valence-electron chi connectivity index (χ2n) is 7.69. The summed E-state index contributed by atoms with van der Waals surface area (Å²) in [5.74, 6) is 0.0294. The minimum Gasteiger partial charge on any atom is -0.497 e. The zero-order chi connectivity index (χ0) is 23.4. The van der Waals surface area contributed by atoms with Crippen LogP contribution in [0.3, 0.4) is 0 Å². The minimum absolute atomic E-state index is 0.0702. The molecule has 1 saturated heterocycles. The highest BCUT2D eigenvalue weighted by atomic mass is 32.2. The van der Waals surface area contributed by atoms with Crippen molar-refractivity contribution < 1.29 is 22.7 Å². The fraction of sp³-hybridized carbons (Fsp3) is 0.391. The average molecular weight is 507 g/mol. The lowest BCUT2D eigenvalue weighted by atomic mass is 10.2. The maximum Gasteiger partial charge on any atom is 0.229 e. The summed E-state index contributed by atoms with van der Waals surface area (Å²) in [5.41, 5.74) is 0.862. The van der Waals surface area contributed by atoms with E-state index >= 15 is 0 Å². The van der Waals surface area contributed by atoms with Gasteiger partial charge >= 0.3 is 0 Å². The maximum absolute atomic E-state index is 13.3. The number of thioether (sulfide) groups is 1. The van der Waals surface area contributed by atoms with E-state index in [9.17, 15) is 13.2 Å². The van der Waals surface area contributed by atoms with Crippen LogP contribution in [-0.4, -0.2) is 57.7 Å². The molecule has 176 valence electrons. The van der Waals surface area contributed by atoms with Gasteiger partial charge in [0.2, 0.25) is 5.91 Å². The Balaban J connectivity index is 1.56. The first-order valence-corrected chi connectivity index (χ1v) is 14.3. The zero-order valence-electron chi connectivity index (χ0n) is 18.5. The lowest BCUT2D eigenvalue weighted by molar-refractivity contribution is -0.118. The van der Waals surface area contributed by atoms with Crippen LogP contribution in [-0.2, 0) is 19.4 Å². The number of para-hydroxylation sites is 1. The Morgan fingerprint density at radius 1 is 1.27 bits per heavy atom. The van der Waals surface area contributed by atoms with Crippen molar-refractivity contribution in [3.63, 3.8) is 0 Å². The third kappa shape index (κ3) is 5.51. The van der Waals surface area contributed by atoms with Crippen LogP contribution in [0.25, 0.3) is 10.2 Å². The SMILES string of the molecule is COc1ccc(S(=O)(=O)CCC(=O)N(CC2CCCO2)c2nc3c(SC)cccc3s2)cc1. The Morgan fingerprint density at radius 3 is 2.73 bits per heavy atom. The van der Waals surface area contributed by atoms with Crippen LogP contribution in [0, 0.1) is 0 Å². The molecule has 33 heavy (non-hydrogen) atoms. The fourth-order valence-corrected chi connectivity index (χ4v) is 6.60. The highest BCUT2D eigenvalue weighted by Gasteiger charge is 2.28. The van der Waals surface area contributed by atoms with E-state index in [-0.39, 0.29) is 29.1 Å². The highest BCUT2D eigenvalue weighted by molar-refractivity contribution is 7.98. The molecule has 2 heterocycles. The van der Waals surface area contributed by atoms with Gasteiger partial charge in [0.05, 0.1) is 40.6 Å². The first-order chi connectivity index (χ1) is 15.9. The van der Waals surface area contributed by atoms with Gasteiger partial charge in [0, 0.05) is 17.9 Å². The lowest BCUT2D eigenvalue weighted by Crippen LogP contribution is -2.38. The van der Waals surface area contributed by atoms with Crippen LogP contribution in [0.5, 0.6) is 5.75 Å². The number of hydrogen-bond donors (Lipinski definition) is 0. The molecule has 0 N–H and O–H groups in total. The van der Waals surface area contributed by atoms with Crippen LogP contribution >= 0.6 is 23.1 Å². The van der Waals surface area contributed by atoms with E-state index < -0.39 is 9.84 Å². The Bertz CT molecular complexity index is 1220. The van der Waals surface area contributed by atoms with Gasteiger partial charge in [-0.3, -0.25) is 9.69 Å². The normalized spacial score (nSPS) is 16.2. The van der Waals surface area contributed by atoms with Gasteiger partial charge in [0.15, 0.2) is 15.0 Å². The number of rotatable bonds is 9. The summed E-state index contributed by atoms with van der Waals surface area (Å²) in [6, 6.07) is 12.2. The fourth-order valence-electron chi connectivity index (χ4n) is 3.73. The second kappa shape index (κ2) is 10.4. The van der Waals surface area contributed by atoms with Crippen molar-refractivity contribution in [2.45, 2.75) is 35.2 Å². The summed E-state index contributed by atoms with van der Waals surface area (Å²) in [4.78, 5) is 20.9. The van der Waals surface area contributed by atoms with Crippen molar-refractivity contribution >= 4 is 54.2 Å². The van der Waals surface area contributed by atoms with Gasteiger partial charge in [-0.1, -0.05) is 17.4 Å². The monoisotopic (exact) mass is 506 g/mol. The third-order valence-corrected chi connectivity index (χ3v) is 9.08. The molecule has 4 rings (SSSR count). The molecule has 10 heteroatoms. The van der Waals surface area contributed by atoms with Crippen LogP contribution in [0.2, 0.25) is 0 Å². The molecule has 1 aliphatic rings. The first-order valence-electron chi connectivity index (χ1n) is 10.6. The van der Waals surface area contributed by atoms with E-state index in [0.29, 0.717) is 24.0 Å². The maximum atomic E-state index is 13.3. The van der Waals surface area contributed by atoms with Gasteiger partial charge < -0.3 is 9.47 Å². The highest BCUT2D eigenvalue weighted by Crippen LogP contribution is 2.35. The Labute approximate surface area is 202 Å². The molecule has 0 radical (unpaired) electrons. The van der Waals surface area contributed by atoms with Gasteiger partial charge in [-0.15, -0.1) is 11.8 Å². The summed E-state index contributed by atoms with van der Waals surface area (Å²) in [6.45, 7) is 1.05. The first kappa shape index (κ1) is 24.0. The molecule has 1 fully saturated rings. The minimum atomic E-state index is -3.61. The third-order valence-electron chi connectivity index (χ3n) is 5.54. The second-order valence-corrected chi connectivity index (χ2v) is 11.7. The molecule has 7 nitrogen and oxygen atoms in total. The lowest BCUT2D eigenvalue weighted by Gasteiger charge is -2.23. The predicted octanol–water partition coefficient (Wildman–Crippen LogP) is 4.40. The number of benzene rings is 2. The topological polar surface area (TPSA) is 85.8 Å².